The lowest BCUT2D eigenvalue weighted by molar-refractivity contribution is -0.385. The maximum atomic E-state index is 10.9. The number of ether oxygens (including phenoxy) is 2. The number of fused-ring (bicyclic) bond motifs is 1. The highest BCUT2D eigenvalue weighted by atomic mass is 16.6. The van der Waals surface area contributed by atoms with E-state index in [1.807, 2.05) is 55.5 Å². The molecule has 0 amide bonds. The summed E-state index contributed by atoms with van der Waals surface area (Å²) in [5, 5.41) is 10.9. The SMILES string of the molecule is Cc1cccc(OCCCCOc2ccc(-c3cn4cc([N+](=O)[O-])ccc4n3)cc2)c1. The van der Waals surface area contributed by atoms with Crippen LogP contribution in [0, 0.1) is 17.0 Å². The van der Waals surface area contributed by atoms with Crippen molar-refractivity contribution in [1.82, 2.24) is 9.38 Å². The molecule has 0 spiro atoms. The van der Waals surface area contributed by atoms with Crippen LogP contribution in [0.5, 0.6) is 11.5 Å². The van der Waals surface area contributed by atoms with E-state index in [2.05, 4.69) is 4.98 Å². The molecular formula is C24H23N3O4. The van der Waals surface area contributed by atoms with Crippen molar-refractivity contribution in [3.63, 3.8) is 0 Å². The summed E-state index contributed by atoms with van der Waals surface area (Å²) in [4.78, 5) is 15.0. The number of benzene rings is 2. The van der Waals surface area contributed by atoms with E-state index in [1.165, 1.54) is 17.8 Å². The van der Waals surface area contributed by atoms with Gasteiger partial charge in [0.15, 0.2) is 0 Å². The summed E-state index contributed by atoms with van der Waals surface area (Å²) in [5.74, 6) is 1.70. The van der Waals surface area contributed by atoms with E-state index in [0.717, 1.165) is 35.6 Å². The predicted molar refractivity (Wildman–Crippen MR) is 119 cm³/mol. The van der Waals surface area contributed by atoms with Gasteiger partial charge in [0.2, 0.25) is 0 Å². The van der Waals surface area contributed by atoms with Gasteiger partial charge in [-0.25, -0.2) is 4.98 Å². The molecule has 2 aromatic carbocycles. The Morgan fingerprint density at radius 2 is 1.68 bits per heavy atom. The van der Waals surface area contributed by atoms with Gasteiger partial charge >= 0.3 is 0 Å². The van der Waals surface area contributed by atoms with E-state index in [4.69, 9.17) is 9.47 Å². The maximum absolute atomic E-state index is 10.9. The van der Waals surface area contributed by atoms with Crippen LogP contribution in [0.25, 0.3) is 16.9 Å². The molecular weight excluding hydrogens is 394 g/mol. The zero-order valence-electron chi connectivity index (χ0n) is 17.2. The predicted octanol–water partition coefficient (Wildman–Crippen LogP) is 5.46. The molecule has 2 heterocycles. The van der Waals surface area contributed by atoms with Gasteiger partial charge in [-0.05, 0) is 67.8 Å². The fourth-order valence-electron chi connectivity index (χ4n) is 3.24. The third-order valence-electron chi connectivity index (χ3n) is 4.86. The van der Waals surface area contributed by atoms with E-state index in [1.54, 1.807) is 16.7 Å². The van der Waals surface area contributed by atoms with Crippen molar-refractivity contribution in [2.45, 2.75) is 19.8 Å². The second-order valence-corrected chi connectivity index (χ2v) is 7.28. The van der Waals surface area contributed by atoms with E-state index in [9.17, 15) is 10.1 Å². The number of unbranched alkanes of at least 4 members (excludes halogenated alkanes) is 1. The first-order chi connectivity index (χ1) is 15.1. The molecule has 0 N–H and O–H groups in total. The van der Waals surface area contributed by atoms with Crippen LogP contribution in [-0.2, 0) is 0 Å². The van der Waals surface area contributed by atoms with E-state index >= 15 is 0 Å². The first-order valence-corrected chi connectivity index (χ1v) is 10.1. The summed E-state index contributed by atoms with van der Waals surface area (Å²) in [6.45, 7) is 3.33. The molecule has 0 atom stereocenters. The summed E-state index contributed by atoms with van der Waals surface area (Å²) in [7, 11) is 0. The summed E-state index contributed by atoms with van der Waals surface area (Å²) in [6.07, 6.45) is 5.07. The number of aromatic nitrogens is 2. The van der Waals surface area contributed by atoms with Gasteiger partial charge in [0, 0.05) is 17.8 Å². The second kappa shape index (κ2) is 9.30. The van der Waals surface area contributed by atoms with Crippen molar-refractivity contribution in [2.75, 3.05) is 13.2 Å². The molecule has 0 unspecified atom stereocenters. The van der Waals surface area contributed by atoms with Crippen molar-refractivity contribution < 1.29 is 14.4 Å². The first kappa shape index (κ1) is 20.4. The van der Waals surface area contributed by atoms with Crippen molar-refractivity contribution in [1.29, 1.82) is 0 Å². The highest BCUT2D eigenvalue weighted by molar-refractivity contribution is 5.63. The number of nitro groups is 1. The van der Waals surface area contributed by atoms with Gasteiger partial charge in [-0.2, -0.15) is 0 Å². The minimum Gasteiger partial charge on any atom is -0.494 e. The number of imidazole rings is 1. The van der Waals surface area contributed by atoms with Crippen LogP contribution >= 0.6 is 0 Å². The van der Waals surface area contributed by atoms with Crippen LogP contribution in [0.3, 0.4) is 0 Å². The Labute approximate surface area is 180 Å². The molecule has 4 aromatic rings. The summed E-state index contributed by atoms with van der Waals surface area (Å²) in [5.41, 5.74) is 3.55. The van der Waals surface area contributed by atoms with Crippen LogP contribution in [0.4, 0.5) is 5.69 Å². The van der Waals surface area contributed by atoms with Gasteiger partial charge in [-0.15, -0.1) is 0 Å². The molecule has 0 aliphatic carbocycles. The number of hydrogen-bond acceptors (Lipinski definition) is 5. The molecule has 158 valence electrons. The Hall–Kier alpha value is -3.87. The standard InChI is InChI=1S/C24H23N3O4/c1-18-5-4-6-22(15-18)31-14-3-2-13-30-21-10-7-19(8-11-21)23-17-26-16-20(27(28)29)9-12-24(26)25-23/h4-12,15-17H,2-3,13-14H2,1H3. The number of rotatable bonds is 9. The topological polar surface area (TPSA) is 78.9 Å². The van der Waals surface area contributed by atoms with Crippen molar-refractivity contribution in [3.8, 4) is 22.8 Å². The molecule has 0 aliphatic heterocycles. The maximum Gasteiger partial charge on any atom is 0.286 e. The zero-order chi connectivity index (χ0) is 21.6. The number of pyridine rings is 1. The fourth-order valence-corrected chi connectivity index (χ4v) is 3.24. The average molecular weight is 417 g/mol. The summed E-state index contributed by atoms with van der Waals surface area (Å²) in [6, 6.07) is 18.8. The van der Waals surface area contributed by atoms with Gasteiger partial charge in [-0.1, -0.05) is 12.1 Å². The molecule has 31 heavy (non-hydrogen) atoms. The van der Waals surface area contributed by atoms with E-state index in [0.29, 0.717) is 18.9 Å². The van der Waals surface area contributed by atoms with Crippen molar-refractivity contribution in [2.24, 2.45) is 0 Å². The third-order valence-corrected chi connectivity index (χ3v) is 4.86. The largest absolute Gasteiger partial charge is 0.494 e. The molecule has 2 aromatic heterocycles. The molecule has 0 bridgehead atoms. The highest BCUT2D eigenvalue weighted by Gasteiger charge is 2.09. The first-order valence-electron chi connectivity index (χ1n) is 10.1. The normalized spacial score (nSPS) is 10.9. The molecule has 4 rings (SSSR count). The molecule has 0 saturated heterocycles. The number of nitrogens with zero attached hydrogens (tertiary/aromatic N) is 3. The lowest BCUT2D eigenvalue weighted by Gasteiger charge is -2.08. The minimum absolute atomic E-state index is 0.0319. The Kier molecular flexibility index (Phi) is 6.12. The minimum atomic E-state index is -0.417. The van der Waals surface area contributed by atoms with Gasteiger partial charge in [-0.3, -0.25) is 14.5 Å². The summed E-state index contributed by atoms with van der Waals surface area (Å²) >= 11 is 0. The number of aryl methyl sites for hydroxylation is 1. The van der Waals surface area contributed by atoms with Crippen LogP contribution < -0.4 is 9.47 Å². The van der Waals surface area contributed by atoms with Gasteiger partial charge in [0.05, 0.1) is 30.0 Å². The smallest absolute Gasteiger partial charge is 0.286 e. The highest BCUT2D eigenvalue weighted by Crippen LogP contribution is 2.23. The quantitative estimate of drug-likeness (QED) is 0.205. The van der Waals surface area contributed by atoms with Crippen LogP contribution in [-0.4, -0.2) is 27.5 Å². The second-order valence-electron chi connectivity index (χ2n) is 7.28. The molecule has 0 radical (unpaired) electrons. The van der Waals surface area contributed by atoms with Gasteiger partial charge < -0.3 is 9.47 Å². The van der Waals surface area contributed by atoms with Gasteiger partial charge in [0.25, 0.3) is 5.69 Å². The fraction of sp³-hybridized carbons (Fsp3) is 0.208. The monoisotopic (exact) mass is 417 g/mol. The third kappa shape index (κ3) is 5.19. The lowest BCUT2D eigenvalue weighted by atomic mass is 10.1. The Morgan fingerprint density at radius 1 is 0.935 bits per heavy atom. The van der Waals surface area contributed by atoms with E-state index in [-0.39, 0.29) is 5.69 Å². The van der Waals surface area contributed by atoms with E-state index < -0.39 is 4.92 Å². The molecule has 7 nitrogen and oxygen atoms in total. The molecule has 7 heteroatoms. The molecule has 0 aliphatic rings. The Bertz CT molecular complexity index is 1190. The van der Waals surface area contributed by atoms with Crippen molar-refractivity contribution >= 4 is 11.3 Å². The zero-order valence-corrected chi connectivity index (χ0v) is 17.2. The Balaban J connectivity index is 1.26. The van der Waals surface area contributed by atoms with Crippen LogP contribution in [0.15, 0.2) is 73.1 Å². The van der Waals surface area contributed by atoms with Crippen LogP contribution in [0.2, 0.25) is 0 Å². The molecule has 0 saturated carbocycles. The lowest BCUT2D eigenvalue weighted by Crippen LogP contribution is -2.02. The molecule has 0 fully saturated rings. The average Bonchev–Trinajstić information content (AvgIpc) is 3.20. The van der Waals surface area contributed by atoms with Crippen LogP contribution in [0.1, 0.15) is 18.4 Å². The summed E-state index contributed by atoms with van der Waals surface area (Å²) < 4.78 is 13.2. The van der Waals surface area contributed by atoms with Gasteiger partial charge in [0.1, 0.15) is 17.1 Å². The van der Waals surface area contributed by atoms with Crippen molar-refractivity contribution in [3.05, 3.63) is 88.7 Å². The number of hydrogen-bond donors (Lipinski definition) is 0. The Morgan fingerprint density at radius 3 is 2.39 bits per heavy atom.